The predicted octanol–water partition coefficient (Wildman–Crippen LogP) is 3.52. The van der Waals surface area contributed by atoms with Crippen molar-refractivity contribution in [2.75, 3.05) is 38.5 Å². The van der Waals surface area contributed by atoms with Gasteiger partial charge in [0, 0.05) is 68.2 Å². The van der Waals surface area contributed by atoms with Gasteiger partial charge in [-0.3, -0.25) is 24.4 Å². The maximum Gasteiger partial charge on any atom is 0.433 e. The fraction of sp³-hybridized carbons (Fsp3) is 0.400. The van der Waals surface area contributed by atoms with Crippen molar-refractivity contribution in [2.24, 2.45) is 0 Å². The first-order valence-electron chi connectivity index (χ1n) is 19.5. The van der Waals surface area contributed by atoms with E-state index in [1.807, 2.05) is 16.8 Å². The quantitative estimate of drug-likeness (QED) is 0.203. The van der Waals surface area contributed by atoms with E-state index < -0.39 is 42.0 Å². The fourth-order valence-corrected chi connectivity index (χ4v) is 8.79. The van der Waals surface area contributed by atoms with Gasteiger partial charge in [-0.25, -0.2) is 19.7 Å². The SMILES string of the molecule is C=CC(=O)N1CCc2nn(-c3ccc(C4CC4)cc3CO)c3c2[C@H](C1)N(C(=O)c1cnc(C(F)(F)F)cc1N)CC3.O=C(O)N1C=CC2=C3C(CCN(C(=O)O)C3C1)NN2. The Morgan fingerprint density at radius 1 is 0.983 bits per heavy atom. The molecule has 5 aliphatic heterocycles. The molecule has 7 N–H and O–H groups in total. The van der Waals surface area contributed by atoms with E-state index in [0.29, 0.717) is 44.3 Å². The first-order chi connectivity index (χ1) is 28.7. The summed E-state index contributed by atoms with van der Waals surface area (Å²) in [5.74, 6) is -0.348. The largest absolute Gasteiger partial charge is 0.465 e. The Morgan fingerprint density at radius 3 is 2.43 bits per heavy atom. The van der Waals surface area contributed by atoms with Gasteiger partial charge < -0.3 is 36.3 Å². The molecule has 0 radical (unpaired) electrons. The van der Waals surface area contributed by atoms with Crippen LogP contribution in [-0.2, 0) is 30.4 Å². The minimum atomic E-state index is -4.70. The highest BCUT2D eigenvalue weighted by Gasteiger charge is 2.44. The van der Waals surface area contributed by atoms with Crippen LogP contribution in [-0.4, -0.2) is 118 Å². The highest BCUT2D eigenvalue weighted by atomic mass is 19.4. The van der Waals surface area contributed by atoms with Crippen LogP contribution in [0.5, 0.6) is 0 Å². The third kappa shape index (κ3) is 7.40. The molecule has 3 aromatic rings. The van der Waals surface area contributed by atoms with E-state index in [1.165, 1.54) is 27.6 Å². The number of aromatic nitrogens is 3. The van der Waals surface area contributed by atoms with Gasteiger partial charge in [0.05, 0.1) is 59.6 Å². The number of hydrogen-bond donors (Lipinski definition) is 6. The van der Waals surface area contributed by atoms with E-state index >= 15 is 0 Å². The number of nitrogens with zero attached hydrogens (tertiary/aromatic N) is 7. The fourth-order valence-electron chi connectivity index (χ4n) is 8.79. The third-order valence-corrected chi connectivity index (χ3v) is 11.9. The highest BCUT2D eigenvalue weighted by Crippen LogP contribution is 2.42. The van der Waals surface area contributed by atoms with Gasteiger partial charge in [-0.05, 0) is 60.6 Å². The van der Waals surface area contributed by atoms with Crippen LogP contribution in [0.15, 0.2) is 66.7 Å². The number of carboxylic acid groups (broad SMARTS) is 2. The Hall–Kier alpha value is -6.41. The molecule has 60 heavy (non-hydrogen) atoms. The molecule has 3 atom stereocenters. The lowest BCUT2D eigenvalue weighted by molar-refractivity contribution is -0.141. The topological polar surface area (TPSA) is 223 Å². The molecule has 2 unspecified atom stereocenters. The molecule has 17 nitrogen and oxygen atoms in total. The lowest BCUT2D eigenvalue weighted by atomic mass is 9.91. The molecule has 2 aromatic heterocycles. The van der Waals surface area contributed by atoms with Crippen molar-refractivity contribution in [2.45, 2.75) is 68.9 Å². The summed E-state index contributed by atoms with van der Waals surface area (Å²) in [4.78, 5) is 57.9. The van der Waals surface area contributed by atoms with Gasteiger partial charge in [0.2, 0.25) is 5.91 Å². The van der Waals surface area contributed by atoms with Gasteiger partial charge in [0.25, 0.3) is 5.91 Å². The molecule has 1 saturated carbocycles. The normalized spacial score (nSPS) is 21.8. The number of hydrogen-bond acceptors (Lipinski definition) is 10. The maximum absolute atomic E-state index is 13.8. The van der Waals surface area contributed by atoms with Crippen LogP contribution in [0.2, 0.25) is 0 Å². The van der Waals surface area contributed by atoms with Crippen LogP contribution in [0, 0.1) is 0 Å². The highest BCUT2D eigenvalue weighted by molar-refractivity contribution is 5.99. The van der Waals surface area contributed by atoms with E-state index in [0.717, 1.165) is 63.4 Å². The number of aliphatic hydroxyl groups excluding tert-OH is 1. The number of carbonyl (C=O) groups excluding carboxylic acids is 2. The zero-order valence-corrected chi connectivity index (χ0v) is 32.2. The molecule has 316 valence electrons. The molecule has 1 saturated heterocycles. The Morgan fingerprint density at radius 2 is 1.77 bits per heavy atom. The molecular formula is C40H43F3N10O7. The Bertz CT molecular complexity index is 2340. The second-order valence-corrected chi connectivity index (χ2v) is 15.4. The number of benzene rings is 1. The van der Waals surface area contributed by atoms with Gasteiger partial charge in [0.1, 0.15) is 5.69 Å². The number of pyridine rings is 1. The van der Waals surface area contributed by atoms with Gasteiger partial charge in [-0.2, -0.15) is 18.3 Å². The van der Waals surface area contributed by atoms with Gasteiger partial charge in [-0.15, -0.1) is 0 Å². The van der Waals surface area contributed by atoms with E-state index in [9.17, 15) is 42.6 Å². The van der Waals surface area contributed by atoms with Crippen LogP contribution >= 0.6 is 0 Å². The standard InChI is InChI=1S/C29H29F3N6O3.C11H14N4O4/c1-2-26(40)36-9-7-21-27-23(38(35-21)22-6-5-17(16-3-4-16)11-18(22)15-39)8-10-37(24(27)14-36)28(41)19-13-34-25(12-20(19)33)29(30,31)32;16-10(17)14-3-1-6-9-7(13-12-6)2-4-15(11(18)19)8(9)5-14/h2,5-6,11-13,16,24,39H,1,3-4,7-10,14-15H2,(H2,33,34);1,3,7-8,12-13H,2,4-5H2,(H,16,17)(H,18,19)/t24-;/m0./s1. The molecule has 7 heterocycles. The van der Waals surface area contributed by atoms with E-state index in [2.05, 4.69) is 28.5 Å². The lowest BCUT2D eigenvalue weighted by Gasteiger charge is -2.38. The summed E-state index contributed by atoms with van der Waals surface area (Å²) >= 11 is 0. The van der Waals surface area contributed by atoms with Crippen molar-refractivity contribution < 1.29 is 47.7 Å². The maximum atomic E-state index is 13.8. The number of hydrazine groups is 1. The number of carbonyl (C=O) groups is 4. The number of amides is 4. The summed E-state index contributed by atoms with van der Waals surface area (Å²) < 4.78 is 41.3. The number of rotatable bonds is 5. The Labute approximate surface area is 341 Å². The van der Waals surface area contributed by atoms with Crippen molar-refractivity contribution in [1.82, 2.24) is 45.2 Å². The van der Waals surface area contributed by atoms with Crippen molar-refractivity contribution >= 4 is 29.7 Å². The number of allylic oxidation sites excluding steroid dienone is 1. The van der Waals surface area contributed by atoms with Gasteiger partial charge in [-0.1, -0.05) is 18.7 Å². The molecule has 2 fully saturated rings. The summed E-state index contributed by atoms with van der Waals surface area (Å²) in [6.45, 7) is 4.67. The predicted molar refractivity (Wildman–Crippen MR) is 207 cm³/mol. The number of aliphatic hydroxyl groups is 1. The van der Waals surface area contributed by atoms with Crippen LogP contribution in [0.4, 0.5) is 28.4 Å². The molecule has 20 heteroatoms. The third-order valence-electron chi connectivity index (χ3n) is 11.9. The van der Waals surface area contributed by atoms with E-state index in [4.69, 9.17) is 15.9 Å². The monoisotopic (exact) mass is 832 g/mol. The first kappa shape index (κ1) is 40.4. The molecule has 0 spiro atoms. The summed E-state index contributed by atoms with van der Waals surface area (Å²) in [6.07, 6.45) is 2.19. The van der Waals surface area contributed by atoms with Gasteiger partial charge in [0.15, 0.2) is 0 Å². The average Bonchev–Trinajstić information content (AvgIpc) is 3.98. The molecule has 0 bridgehead atoms. The average molecular weight is 833 g/mol. The number of anilines is 1. The second kappa shape index (κ2) is 15.6. The number of halogens is 3. The summed E-state index contributed by atoms with van der Waals surface area (Å²) in [6, 6.07) is 5.71. The first-order valence-corrected chi connectivity index (χ1v) is 19.5. The van der Waals surface area contributed by atoms with Crippen LogP contribution < -0.4 is 16.6 Å². The smallest absolute Gasteiger partial charge is 0.433 e. The number of nitrogen functional groups attached to an aromatic ring is 1. The van der Waals surface area contributed by atoms with Crippen molar-refractivity contribution in [1.29, 1.82) is 0 Å². The number of alkyl halides is 3. The summed E-state index contributed by atoms with van der Waals surface area (Å²) in [7, 11) is 0. The minimum absolute atomic E-state index is 0.0639. The minimum Gasteiger partial charge on any atom is -0.465 e. The summed E-state index contributed by atoms with van der Waals surface area (Å²) in [5, 5.41) is 33.5. The van der Waals surface area contributed by atoms with E-state index in [1.54, 1.807) is 11.0 Å². The lowest BCUT2D eigenvalue weighted by Crippen LogP contribution is -2.54. The van der Waals surface area contributed by atoms with Crippen molar-refractivity contribution in [3.8, 4) is 5.69 Å². The molecular weight excluding hydrogens is 789 g/mol. The Balaban J connectivity index is 0.000000218. The summed E-state index contributed by atoms with van der Waals surface area (Å²) in [5.41, 5.74) is 17.2. The molecule has 4 amide bonds. The van der Waals surface area contributed by atoms with Crippen LogP contribution in [0.25, 0.3) is 5.69 Å². The molecule has 1 aromatic carbocycles. The van der Waals surface area contributed by atoms with Gasteiger partial charge >= 0.3 is 18.4 Å². The number of nitrogens with one attached hydrogen (secondary N) is 2. The van der Waals surface area contributed by atoms with Crippen LogP contribution in [0.1, 0.15) is 75.4 Å². The number of piperidine rings is 1. The molecule has 1 aliphatic carbocycles. The van der Waals surface area contributed by atoms with Crippen LogP contribution in [0.3, 0.4) is 0 Å². The second-order valence-electron chi connectivity index (χ2n) is 15.4. The zero-order valence-electron chi connectivity index (χ0n) is 32.2. The van der Waals surface area contributed by atoms with Crippen molar-refractivity contribution in [3.05, 3.63) is 106 Å². The zero-order chi connectivity index (χ0) is 42.6. The number of likely N-dealkylation sites (tertiary alicyclic amines) is 1. The molecule has 9 rings (SSSR count). The Kier molecular flexibility index (Phi) is 10.5. The number of nitrogens with two attached hydrogens (primary N) is 1. The molecule has 6 aliphatic rings. The van der Waals surface area contributed by atoms with E-state index in [-0.39, 0.29) is 49.4 Å². The van der Waals surface area contributed by atoms with Crippen molar-refractivity contribution in [3.63, 3.8) is 0 Å².